The summed E-state index contributed by atoms with van der Waals surface area (Å²) in [5, 5.41) is 0.635. The van der Waals surface area contributed by atoms with Crippen molar-refractivity contribution in [1.29, 1.82) is 0 Å². The molecule has 1 aromatic heterocycles. The standard InChI is InChI=1S/C19H23F3N2/c1-2-17(23)13-8-6-12(7-9-13)14-10-11-24-18-15(14)4-3-5-16(18)19(20,21)22/h3-5,10-13,17H,2,6-9,23H2,1H3/t12-,13+,17?. The summed E-state index contributed by atoms with van der Waals surface area (Å²) in [6, 6.07) is 6.46. The van der Waals surface area contributed by atoms with Crippen molar-refractivity contribution in [2.45, 2.75) is 57.2 Å². The summed E-state index contributed by atoms with van der Waals surface area (Å²) >= 11 is 0. The molecule has 2 nitrogen and oxygen atoms in total. The van der Waals surface area contributed by atoms with Crippen molar-refractivity contribution >= 4 is 10.9 Å². The van der Waals surface area contributed by atoms with Gasteiger partial charge in [0.2, 0.25) is 0 Å². The molecule has 24 heavy (non-hydrogen) atoms. The number of alkyl halides is 3. The highest BCUT2D eigenvalue weighted by atomic mass is 19.4. The summed E-state index contributed by atoms with van der Waals surface area (Å²) in [7, 11) is 0. The van der Waals surface area contributed by atoms with E-state index < -0.39 is 11.7 Å². The van der Waals surface area contributed by atoms with Gasteiger partial charge in [-0.3, -0.25) is 4.98 Å². The first kappa shape index (κ1) is 17.2. The maximum atomic E-state index is 13.2. The van der Waals surface area contributed by atoms with Gasteiger partial charge in [0.25, 0.3) is 0 Å². The van der Waals surface area contributed by atoms with Crippen LogP contribution < -0.4 is 5.73 Å². The minimum Gasteiger partial charge on any atom is -0.327 e. The smallest absolute Gasteiger partial charge is 0.327 e. The predicted octanol–water partition coefficient (Wildman–Crippen LogP) is 5.26. The second-order valence-electron chi connectivity index (χ2n) is 6.78. The van der Waals surface area contributed by atoms with Crippen LogP contribution in [0.15, 0.2) is 30.5 Å². The molecule has 0 amide bonds. The van der Waals surface area contributed by atoms with Crippen molar-refractivity contribution in [3.8, 4) is 0 Å². The van der Waals surface area contributed by atoms with E-state index in [1.165, 1.54) is 12.3 Å². The first-order chi connectivity index (χ1) is 11.4. The summed E-state index contributed by atoms with van der Waals surface area (Å²) in [5.41, 5.74) is 6.57. The fraction of sp³-hybridized carbons (Fsp3) is 0.526. The van der Waals surface area contributed by atoms with Crippen LogP contribution in [0.2, 0.25) is 0 Å². The number of hydrogen-bond acceptors (Lipinski definition) is 2. The summed E-state index contributed by atoms with van der Waals surface area (Å²) in [4.78, 5) is 4.02. The number of halogens is 3. The van der Waals surface area contributed by atoms with Crippen molar-refractivity contribution in [3.05, 3.63) is 41.6 Å². The molecule has 2 N–H and O–H groups in total. The molecule has 3 rings (SSSR count). The van der Waals surface area contributed by atoms with E-state index in [2.05, 4.69) is 11.9 Å². The van der Waals surface area contributed by atoms with Gasteiger partial charge in [-0.05, 0) is 61.6 Å². The largest absolute Gasteiger partial charge is 0.418 e. The van der Waals surface area contributed by atoms with Gasteiger partial charge in [-0.1, -0.05) is 19.1 Å². The highest BCUT2D eigenvalue weighted by Gasteiger charge is 2.34. The highest BCUT2D eigenvalue weighted by molar-refractivity contribution is 5.85. The van der Waals surface area contributed by atoms with Crippen molar-refractivity contribution in [2.24, 2.45) is 11.7 Å². The molecule has 5 heteroatoms. The number of aromatic nitrogens is 1. The van der Waals surface area contributed by atoms with Crippen LogP contribution in [0.25, 0.3) is 10.9 Å². The van der Waals surface area contributed by atoms with E-state index in [4.69, 9.17) is 5.73 Å². The van der Waals surface area contributed by atoms with Crippen LogP contribution in [0.5, 0.6) is 0 Å². The van der Waals surface area contributed by atoms with Crippen molar-refractivity contribution in [3.63, 3.8) is 0 Å². The Balaban J connectivity index is 1.92. The Morgan fingerprint density at radius 2 is 1.88 bits per heavy atom. The van der Waals surface area contributed by atoms with E-state index in [1.807, 2.05) is 6.07 Å². The molecule has 1 fully saturated rings. The zero-order valence-electron chi connectivity index (χ0n) is 13.8. The van der Waals surface area contributed by atoms with Gasteiger partial charge in [-0.15, -0.1) is 0 Å². The summed E-state index contributed by atoms with van der Waals surface area (Å²) in [5.74, 6) is 0.823. The molecule has 0 radical (unpaired) electrons. The van der Waals surface area contributed by atoms with Gasteiger partial charge in [0.1, 0.15) is 0 Å². The Bertz CT molecular complexity index is 703. The molecule has 1 saturated carbocycles. The number of pyridine rings is 1. The molecule has 1 unspecified atom stereocenters. The van der Waals surface area contributed by atoms with Crippen LogP contribution in [0.3, 0.4) is 0 Å². The third-order valence-corrected chi connectivity index (χ3v) is 5.40. The Morgan fingerprint density at radius 3 is 2.50 bits per heavy atom. The number of nitrogens with two attached hydrogens (primary N) is 1. The monoisotopic (exact) mass is 336 g/mol. The molecule has 1 aromatic carbocycles. The molecule has 1 aliphatic carbocycles. The molecule has 130 valence electrons. The molecule has 1 atom stereocenters. The van der Waals surface area contributed by atoms with Gasteiger partial charge in [-0.2, -0.15) is 13.2 Å². The molecule has 0 spiro atoms. The molecule has 0 bridgehead atoms. The molecular formula is C19H23F3N2. The fourth-order valence-electron chi connectivity index (χ4n) is 3.97. The van der Waals surface area contributed by atoms with E-state index in [1.54, 1.807) is 6.07 Å². The minimum atomic E-state index is -4.38. The van der Waals surface area contributed by atoms with Gasteiger partial charge < -0.3 is 5.73 Å². The van der Waals surface area contributed by atoms with Crippen LogP contribution in [0, 0.1) is 5.92 Å². The Morgan fingerprint density at radius 1 is 1.17 bits per heavy atom. The number of benzene rings is 1. The second-order valence-corrected chi connectivity index (χ2v) is 6.78. The van der Waals surface area contributed by atoms with Crippen molar-refractivity contribution in [1.82, 2.24) is 4.98 Å². The number of fused-ring (bicyclic) bond motifs is 1. The zero-order valence-corrected chi connectivity index (χ0v) is 13.8. The average molecular weight is 336 g/mol. The second kappa shape index (κ2) is 6.71. The van der Waals surface area contributed by atoms with Crippen molar-refractivity contribution in [2.75, 3.05) is 0 Å². The first-order valence-corrected chi connectivity index (χ1v) is 8.62. The maximum Gasteiger partial charge on any atom is 0.418 e. The van der Waals surface area contributed by atoms with Crippen LogP contribution in [0.4, 0.5) is 13.2 Å². The Kier molecular flexibility index (Phi) is 4.81. The summed E-state index contributed by atoms with van der Waals surface area (Å²) in [6.45, 7) is 2.10. The summed E-state index contributed by atoms with van der Waals surface area (Å²) in [6.07, 6.45) is 2.16. The van der Waals surface area contributed by atoms with Crippen LogP contribution in [-0.4, -0.2) is 11.0 Å². The lowest BCUT2D eigenvalue weighted by Gasteiger charge is -2.32. The minimum absolute atomic E-state index is 0.0647. The Hall–Kier alpha value is -1.62. The number of nitrogens with zero attached hydrogens (tertiary/aromatic N) is 1. The van der Waals surface area contributed by atoms with E-state index in [9.17, 15) is 13.2 Å². The van der Waals surface area contributed by atoms with Gasteiger partial charge in [-0.25, -0.2) is 0 Å². The van der Waals surface area contributed by atoms with Crippen molar-refractivity contribution < 1.29 is 13.2 Å². The fourth-order valence-corrected chi connectivity index (χ4v) is 3.97. The van der Waals surface area contributed by atoms with Crippen LogP contribution in [-0.2, 0) is 6.18 Å². The Labute approximate surface area is 140 Å². The van der Waals surface area contributed by atoms with Crippen LogP contribution >= 0.6 is 0 Å². The van der Waals surface area contributed by atoms with Gasteiger partial charge >= 0.3 is 6.18 Å². The normalized spacial score (nSPS) is 23.4. The third-order valence-electron chi connectivity index (χ3n) is 5.40. The molecule has 0 saturated heterocycles. The van der Waals surface area contributed by atoms with Gasteiger partial charge in [0.05, 0.1) is 11.1 Å². The SMILES string of the molecule is CCC(N)[C@H]1CC[C@@H](c2ccnc3c(C(F)(F)F)cccc32)CC1. The lowest BCUT2D eigenvalue weighted by atomic mass is 9.75. The van der Waals surface area contributed by atoms with E-state index in [-0.39, 0.29) is 11.6 Å². The van der Waals surface area contributed by atoms with E-state index in [0.29, 0.717) is 17.2 Å². The molecule has 2 aromatic rings. The van der Waals surface area contributed by atoms with Gasteiger partial charge in [0.15, 0.2) is 0 Å². The quantitative estimate of drug-likeness (QED) is 0.830. The van der Waals surface area contributed by atoms with E-state index in [0.717, 1.165) is 43.7 Å². The maximum absolute atomic E-state index is 13.2. The predicted molar refractivity (Wildman–Crippen MR) is 89.7 cm³/mol. The zero-order chi connectivity index (χ0) is 17.3. The topological polar surface area (TPSA) is 38.9 Å². The molecule has 1 heterocycles. The highest BCUT2D eigenvalue weighted by Crippen LogP contribution is 2.41. The number of hydrogen-bond donors (Lipinski definition) is 1. The van der Waals surface area contributed by atoms with E-state index >= 15 is 0 Å². The lowest BCUT2D eigenvalue weighted by molar-refractivity contribution is -0.136. The van der Waals surface area contributed by atoms with Gasteiger partial charge in [0, 0.05) is 17.6 Å². The number of para-hydroxylation sites is 1. The first-order valence-electron chi connectivity index (χ1n) is 8.62. The molecule has 0 aliphatic heterocycles. The lowest BCUT2D eigenvalue weighted by Crippen LogP contribution is -2.32. The molecule has 1 aliphatic rings. The summed E-state index contributed by atoms with van der Waals surface area (Å²) < 4.78 is 39.7. The van der Waals surface area contributed by atoms with Crippen LogP contribution in [0.1, 0.15) is 56.1 Å². The molecular weight excluding hydrogens is 313 g/mol. The number of rotatable bonds is 3. The average Bonchev–Trinajstić information content (AvgIpc) is 2.59. The third kappa shape index (κ3) is 3.27.